The average Bonchev–Trinajstić information content (AvgIpc) is 2.87. The van der Waals surface area contributed by atoms with Gasteiger partial charge in [0.25, 0.3) is 0 Å². The fourth-order valence-electron chi connectivity index (χ4n) is 2.28. The zero-order valence-electron chi connectivity index (χ0n) is 8.93. The van der Waals surface area contributed by atoms with Crippen LogP contribution in [0.2, 0.25) is 0 Å². The Morgan fingerprint density at radius 1 is 1.60 bits per heavy atom. The summed E-state index contributed by atoms with van der Waals surface area (Å²) in [4.78, 5) is 6.83. The van der Waals surface area contributed by atoms with Crippen LogP contribution in [0.1, 0.15) is 31.4 Å². The molecule has 4 heteroatoms. The van der Waals surface area contributed by atoms with Crippen molar-refractivity contribution in [2.24, 2.45) is 0 Å². The summed E-state index contributed by atoms with van der Waals surface area (Å²) in [6.07, 6.45) is 4.63. The van der Waals surface area contributed by atoms with Gasteiger partial charge in [-0.2, -0.15) is 0 Å². The molecule has 1 atom stereocenters. The summed E-state index contributed by atoms with van der Waals surface area (Å²) in [5.74, 6) is 0. The van der Waals surface area contributed by atoms with E-state index in [1.54, 1.807) is 11.3 Å². The standard InChI is InChI=1S/C11H18N2OS/c14-6-2-4-11-3-1-5-13(11)7-10-8-15-9-12-10/h8-9,11,14H,1-7H2. The molecule has 0 radical (unpaired) electrons. The monoisotopic (exact) mass is 226 g/mol. The lowest BCUT2D eigenvalue weighted by Crippen LogP contribution is -2.29. The fourth-order valence-corrected chi connectivity index (χ4v) is 2.83. The Kier molecular flexibility index (Phi) is 4.11. The molecule has 0 spiro atoms. The Hall–Kier alpha value is -0.450. The molecule has 2 heterocycles. The summed E-state index contributed by atoms with van der Waals surface area (Å²) in [7, 11) is 0. The second-order valence-electron chi connectivity index (χ2n) is 4.11. The molecule has 0 aromatic carbocycles. The lowest BCUT2D eigenvalue weighted by atomic mass is 10.1. The Morgan fingerprint density at radius 2 is 2.53 bits per heavy atom. The summed E-state index contributed by atoms with van der Waals surface area (Å²) >= 11 is 1.66. The SMILES string of the molecule is OCCCC1CCCN1Cc1cscn1. The van der Waals surface area contributed by atoms with E-state index in [4.69, 9.17) is 5.11 Å². The van der Waals surface area contributed by atoms with E-state index >= 15 is 0 Å². The van der Waals surface area contributed by atoms with Crippen LogP contribution in [0.3, 0.4) is 0 Å². The number of aliphatic hydroxyl groups excluding tert-OH is 1. The number of aliphatic hydroxyl groups is 1. The number of aromatic nitrogens is 1. The number of likely N-dealkylation sites (tertiary alicyclic amines) is 1. The molecule has 1 aliphatic heterocycles. The normalized spacial score (nSPS) is 22.3. The van der Waals surface area contributed by atoms with Crippen LogP contribution in [-0.4, -0.2) is 34.2 Å². The highest BCUT2D eigenvalue weighted by molar-refractivity contribution is 7.07. The topological polar surface area (TPSA) is 36.4 Å². The van der Waals surface area contributed by atoms with Gasteiger partial charge < -0.3 is 5.11 Å². The first-order valence-electron chi connectivity index (χ1n) is 5.62. The smallest absolute Gasteiger partial charge is 0.0795 e. The molecule has 1 aliphatic rings. The van der Waals surface area contributed by atoms with Gasteiger partial charge >= 0.3 is 0 Å². The third kappa shape index (κ3) is 3.00. The first kappa shape index (κ1) is 11.0. The molecule has 84 valence electrons. The van der Waals surface area contributed by atoms with Crippen molar-refractivity contribution in [1.29, 1.82) is 0 Å². The molecule has 15 heavy (non-hydrogen) atoms. The number of nitrogens with zero attached hydrogens (tertiary/aromatic N) is 2. The third-order valence-electron chi connectivity index (χ3n) is 3.04. The molecule has 0 saturated carbocycles. The zero-order chi connectivity index (χ0) is 10.5. The van der Waals surface area contributed by atoms with Crippen molar-refractivity contribution in [1.82, 2.24) is 9.88 Å². The minimum atomic E-state index is 0.320. The highest BCUT2D eigenvalue weighted by Gasteiger charge is 2.24. The first-order chi connectivity index (χ1) is 7.40. The van der Waals surface area contributed by atoms with Gasteiger partial charge in [0.1, 0.15) is 0 Å². The fraction of sp³-hybridized carbons (Fsp3) is 0.727. The molecule has 1 saturated heterocycles. The Morgan fingerprint density at radius 3 is 3.27 bits per heavy atom. The molecular formula is C11H18N2OS. The molecule has 1 N–H and O–H groups in total. The van der Waals surface area contributed by atoms with E-state index in [1.807, 2.05) is 5.51 Å². The second kappa shape index (κ2) is 5.58. The molecule has 3 nitrogen and oxygen atoms in total. The Labute approximate surface area is 94.8 Å². The number of hydrogen-bond acceptors (Lipinski definition) is 4. The molecule has 1 aromatic heterocycles. The van der Waals surface area contributed by atoms with Gasteiger partial charge in [0.2, 0.25) is 0 Å². The molecule has 1 fully saturated rings. The van der Waals surface area contributed by atoms with E-state index in [0.29, 0.717) is 12.6 Å². The molecule has 1 unspecified atom stereocenters. The van der Waals surface area contributed by atoms with Crippen LogP contribution in [0.15, 0.2) is 10.9 Å². The lowest BCUT2D eigenvalue weighted by molar-refractivity contribution is 0.208. The highest BCUT2D eigenvalue weighted by atomic mass is 32.1. The number of rotatable bonds is 5. The Bertz CT molecular complexity index is 276. The van der Waals surface area contributed by atoms with E-state index in [-0.39, 0.29) is 0 Å². The molecule has 0 aliphatic carbocycles. The summed E-state index contributed by atoms with van der Waals surface area (Å²) in [5.41, 5.74) is 3.09. The van der Waals surface area contributed by atoms with Crippen LogP contribution < -0.4 is 0 Å². The lowest BCUT2D eigenvalue weighted by Gasteiger charge is -2.23. The van der Waals surface area contributed by atoms with Crippen LogP contribution in [0, 0.1) is 0 Å². The van der Waals surface area contributed by atoms with Gasteiger partial charge in [-0.3, -0.25) is 4.90 Å². The Balaban J connectivity index is 1.85. The van der Waals surface area contributed by atoms with Crippen LogP contribution in [-0.2, 0) is 6.54 Å². The molecule has 0 bridgehead atoms. The van der Waals surface area contributed by atoms with E-state index in [2.05, 4.69) is 15.3 Å². The zero-order valence-corrected chi connectivity index (χ0v) is 9.75. The third-order valence-corrected chi connectivity index (χ3v) is 3.68. The molecule has 0 amide bonds. The largest absolute Gasteiger partial charge is 0.396 e. The van der Waals surface area contributed by atoms with Gasteiger partial charge in [-0.05, 0) is 32.2 Å². The predicted molar refractivity (Wildman–Crippen MR) is 61.9 cm³/mol. The van der Waals surface area contributed by atoms with Crippen molar-refractivity contribution in [3.8, 4) is 0 Å². The maximum atomic E-state index is 8.84. The van der Waals surface area contributed by atoms with Crippen molar-refractivity contribution >= 4 is 11.3 Å². The highest BCUT2D eigenvalue weighted by Crippen LogP contribution is 2.23. The minimum absolute atomic E-state index is 0.320. The maximum absolute atomic E-state index is 8.84. The van der Waals surface area contributed by atoms with Crippen molar-refractivity contribution in [3.63, 3.8) is 0 Å². The van der Waals surface area contributed by atoms with Crippen LogP contribution in [0.25, 0.3) is 0 Å². The van der Waals surface area contributed by atoms with Crippen LogP contribution in [0.4, 0.5) is 0 Å². The summed E-state index contributed by atoms with van der Waals surface area (Å²) in [6.45, 7) is 2.49. The van der Waals surface area contributed by atoms with Crippen LogP contribution >= 0.6 is 11.3 Å². The maximum Gasteiger partial charge on any atom is 0.0795 e. The minimum Gasteiger partial charge on any atom is -0.396 e. The van der Waals surface area contributed by atoms with Crippen LogP contribution in [0.5, 0.6) is 0 Å². The van der Waals surface area contributed by atoms with Gasteiger partial charge in [0, 0.05) is 24.6 Å². The van der Waals surface area contributed by atoms with Gasteiger partial charge in [-0.25, -0.2) is 4.98 Å². The van der Waals surface area contributed by atoms with E-state index < -0.39 is 0 Å². The molecule has 2 rings (SSSR count). The van der Waals surface area contributed by atoms with Crippen molar-refractivity contribution in [2.75, 3.05) is 13.2 Å². The summed E-state index contributed by atoms with van der Waals surface area (Å²) < 4.78 is 0. The van der Waals surface area contributed by atoms with Crippen molar-refractivity contribution in [2.45, 2.75) is 38.3 Å². The number of hydrogen-bond donors (Lipinski definition) is 1. The molecule has 1 aromatic rings. The van der Waals surface area contributed by atoms with Gasteiger partial charge in [0.05, 0.1) is 11.2 Å². The van der Waals surface area contributed by atoms with Gasteiger partial charge in [-0.1, -0.05) is 0 Å². The van der Waals surface area contributed by atoms with Gasteiger partial charge in [0.15, 0.2) is 0 Å². The second-order valence-corrected chi connectivity index (χ2v) is 4.83. The average molecular weight is 226 g/mol. The van der Waals surface area contributed by atoms with E-state index in [0.717, 1.165) is 19.4 Å². The van der Waals surface area contributed by atoms with E-state index in [9.17, 15) is 0 Å². The first-order valence-corrected chi connectivity index (χ1v) is 6.56. The number of thiazole rings is 1. The van der Waals surface area contributed by atoms with Gasteiger partial charge in [-0.15, -0.1) is 11.3 Å². The summed E-state index contributed by atoms with van der Waals surface area (Å²) in [5, 5.41) is 11.0. The molecular weight excluding hydrogens is 208 g/mol. The van der Waals surface area contributed by atoms with E-state index in [1.165, 1.54) is 25.1 Å². The quantitative estimate of drug-likeness (QED) is 0.833. The summed E-state index contributed by atoms with van der Waals surface area (Å²) in [6, 6.07) is 0.666. The van der Waals surface area contributed by atoms with Crippen molar-refractivity contribution in [3.05, 3.63) is 16.6 Å². The predicted octanol–water partition coefficient (Wildman–Crippen LogP) is 1.88. The van der Waals surface area contributed by atoms with Crippen molar-refractivity contribution < 1.29 is 5.11 Å².